The maximum atomic E-state index is 12.4. The zero-order valence-corrected chi connectivity index (χ0v) is 19.2. The number of aryl methyl sites for hydroxylation is 2. The van der Waals surface area contributed by atoms with Crippen molar-refractivity contribution >= 4 is 23.5 Å². The van der Waals surface area contributed by atoms with Gasteiger partial charge in [-0.05, 0) is 55.0 Å². The van der Waals surface area contributed by atoms with Crippen molar-refractivity contribution < 1.29 is 19.1 Å². The number of para-hydroxylation sites is 1. The predicted octanol–water partition coefficient (Wildman–Crippen LogP) is 4.29. The number of hydrogen-bond acceptors (Lipinski definition) is 4. The van der Waals surface area contributed by atoms with Gasteiger partial charge in [-0.25, -0.2) is 0 Å². The molecule has 6 heteroatoms. The van der Waals surface area contributed by atoms with Crippen molar-refractivity contribution in [3.63, 3.8) is 0 Å². The van der Waals surface area contributed by atoms with Gasteiger partial charge in [-0.15, -0.1) is 0 Å². The van der Waals surface area contributed by atoms with Crippen LogP contribution in [0.2, 0.25) is 0 Å². The fourth-order valence-corrected chi connectivity index (χ4v) is 3.05. The molecule has 0 aromatic heterocycles. The van der Waals surface area contributed by atoms with E-state index in [0.29, 0.717) is 5.56 Å². The van der Waals surface area contributed by atoms with Gasteiger partial charge in [-0.1, -0.05) is 51.1 Å². The van der Waals surface area contributed by atoms with E-state index in [9.17, 15) is 14.4 Å². The summed E-state index contributed by atoms with van der Waals surface area (Å²) in [6, 6.07) is 13.1. The zero-order valence-electron chi connectivity index (χ0n) is 19.2. The largest absolute Gasteiger partial charge is 0.452 e. The molecule has 6 nitrogen and oxygen atoms in total. The molecular weight excluding hydrogens is 392 g/mol. The van der Waals surface area contributed by atoms with Crippen molar-refractivity contribution in [2.24, 2.45) is 0 Å². The smallest absolute Gasteiger partial charge is 0.308 e. The lowest BCUT2D eigenvalue weighted by Crippen LogP contribution is -2.32. The number of amides is 2. The van der Waals surface area contributed by atoms with Crippen molar-refractivity contribution in [3.05, 3.63) is 64.7 Å². The van der Waals surface area contributed by atoms with E-state index in [2.05, 4.69) is 31.4 Å². The van der Waals surface area contributed by atoms with Gasteiger partial charge in [0.25, 0.3) is 11.8 Å². The Kier molecular flexibility index (Phi) is 7.97. The number of benzene rings is 2. The molecule has 0 aliphatic rings. The highest BCUT2D eigenvalue weighted by Gasteiger charge is 2.19. The standard InChI is InChI=1S/C25H32N2O4/c1-16-8-7-9-17(2)22(16)27-23(29)18(3)31-21(28)14-15-26-24(30)19-10-12-20(13-11-19)25(4,5)6/h7-13,18H,14-15H2,1-6H3,(H,26,30)(H,27,29)/t18-/m1/s1. The minimum absolute atomic E-state index is 0.0135. The molecule has 2 rings (SSSR count). The van der Waals surface area contributed by atoms with E-state index >= 15 is 0 Å². The lowest BCUT2D eigenvalue weighted by Gasteiger charge is -2.19. The van der Waals surface area contributed by atoms with Crippen LogP contribution >= 0.6 is 0 Å². The number of ether oxygens (including phenoxy) is 1. The van der Waals surface area contributed by atoms with Crippen molar-refractivity contribution in [1.82, 2.24) is 5.32 Å². The molecule has 0 unspecified atom stereocenters. The molecule has 0 bridgehead atoms. The number of hydrogen-bond donors (Lipinski definition) is 2. The summed E-state index contributed by atoms with van der Waals surface area (Å²) < 4.78 is 5.20. The molecular formula is C25H32N2O4. The molecule has 0 aliphatic heterocycles. The highest BCUT2D eigenvalue weighted by Crippen LogP contribution is 2.22. The number of carbonyl (C=O) groups is 3. The lowest BCUT2D eigenvalue weighted by molar-refractivity contribution is -0.153. The SMILES string of the molecule is Cc1cccc(C)c1NC(=O)[C@@H](C)OC(=O)CCNC(=O)c1ccc(C(C)(C)C)cc1. The Morgan fingerprint density at radius 1 is 0.968 bits per heavy atom. The second-order valence-electron chi connectivity index (χ2n) is 8.72. The average Bonchev–Trinajstić information content (AvgIpc) is 2.70. The first-order valence-corrected chi connectivity index (χ1v) is 10.4. The Labute approximate surface area is 184 Å². The predicted molar refractivity (Wildman–Crippen MR) is 122 cm³/mol. The van der Waals surface area contributed by atoms with E-state index < -0.39 is 18.0 Å². The summed E-state index contributed by atoms with van der Waals surface area (Å²) in [5.74, 6) is -1.20. The van der Waals surface area contributed by atoms with E-state index in [1.54, 1.807) is 12.1 Å². The van der Waals surface area contributed by atoms with E-state index in [0.717, 1.165) is 22.4 Å². The van der Waals surface area contributed by atoms with Crippen molar-refractivity contribution in [2.75, 3.05) is 11.9 Å². The van der Waals surface area contributed by atoms with Crippen LogP contribution in [0.4, 0.5) is 5.69 Å². The van der Waals surface area contributed by atoms with Gasteiger partial charge >= 0.3 is 5.97 Å². The normalized spacial score (nSPS) is 12.1. The van der Waals surface area contributed by atoms with Gasteiger partial charge in [-0.3, -0.25) is 14.4 Å². The monoisotopic (exact) mass is 424 g/mol. The number of anilines is 1. The van der Waals surface area contributed by atoms with Gasteiger partial charge in [0.05, 0.1) is 6.42 Å². The molecule has 1 atom stereocenters. The molecule has 2 N–H and O–H groups in total. The Morgan fingerprint density at radius 3 is 2.10 bits per heavy atom. The van der Waals surface area contributed by atoms with Gasteiger partial charge < -0.3 is 15.4 Å². The first-order valence-electron chi connectivity index (χ1n) is 10.4. The summed E-state index contributed by atoms with van der Waals surface area (Å²) in [4.78, 5) is 36.7. The molecule has 166 valence electrons. The number of rotatable bonds is 7. The molecule has 2 aromatic carbocycles. The first-order chi connectivity index (χ1) is 14.5. The van der Waals surface area contributed by atoms with Gasteiger partial charge in [0.1, 0.15) is 0 Å². The van der Waals surface area contributed by atoms with E-state index in [1.807, 2.05) is 44.2 Å². The second kappa shape index (κ2) is 10.2. The number of nitrogens with one attached hydrogen (secondary N) is 2. The van der Waals surface area contributed by atoms with Crippen LogP contribution in [0.25, 0.3) is 0 Å². The fraction of sp³-hybridized carbons (Fsp3) is 0.400. The molecule has 0 saturated carbocycles. The molecule has 0 radical (unpaired) electrons. The van der Waals surface area contributed by atoms with Crippen molar-refractivity contribution in [3.8, 4) is 0 Å². The minimum Gasteiger partial charge on any atom is -0.452 e. The van der Waals surface area contributed by atoms with Crippen LogP contribution in [-0.4, -0.2) is 30.4 Å². The minimum atomic E-state index is -0.938. The molecule has 2 aromatic rings. The average molecular weight is 425 g/mol. The Morgan fingerprint density at radius 2 is 1.55 bits per heavy atom. The van der Waals surface area contributed by atoms with Crippen LogP contribution in [0.3, 0.4) is 0 Å². The fourth-order valence-electron chi connectivity index (χ4n) is 3.05. The van der Waals surface area contributed by atoms with Crippen LogP contribution in [0, 0.1) is 13.8 Å². The highest BCUT2D eigenvalue weighted by molar-refractivity contribution is 5.96. The zero-order chi connectivity index (χ0) is 23.2. The second-order valence-corrected chi connectivity index (χ2v) is 8.72. The van der Waals surface area contributed by atoms with Crippen molar-refractivity contribution in [1.29, 1.82) is 0 Å². The van der Waals surface area contributed by atoms with Gasteiger partial charge in [-0.2, -0.15) is 0 Å². The third kappa shape index (κ3) is 6.95. The van der Waals surface area contributed by atoms with Crippen LogP contribution < -0.4 is 10.6 Å². The Balaban J connectivity index is 1.79. The molecule has 0 heterocycles. The quantitative estimate of drug-likeness (QED) is 0.650. The summed E-state index contributed by atoms with van der Waals surface area (Å²) in [5, 5.41) is 5.51. The van der Waals surface area contributed by atoms with E-state index in [1.165, 1.54) is 6.92 Å². The molecule has 0 fully saturated rings. The van der Waals surface area contributed by atoms with Crippen LogP contribution in [-0.2, 0) is 19.7 Å². The lowest BCUT2D eigenvalue weighted by atomic mass is 9.87. The Hall–Kier alpha value is -3.15. The number of esters is 1. The van der Waals surface area contributed by atoms with E-state index in [-0.39, 0.29) is 24.3 Å². The van der Waals surface area contributed by atoms with E-state index in [4.69, 9.17) is 4.74 Å². The number of carbonyl (C=O) groups excluding carboxylic acids is 3. The van der Waals surface area contributed by atoms with Crippen LogP contribution in [0.15, 0.2) is 42.5 Å². The molecule has 0 spiro atoms. The highest BCUT2D eigenvalue weighted by atomic mass is 16.5. The summed E-state index contributed by atoms with van der Waals surface area (Å²) in [6.07, 6.45) is -0.959. The summed E-state index contributed by atoms with van der Waals surface area (Å²) in [6.45, 7) is 11.8. The molecule has 31 heavy (non-hydrogen) atoms. The third-order valence-corrected chi connectivity index (χ3v) is 5.03. The van der Waals surface area contributed by atoms with Crippen LogP contribution in [0.1, 0.15) is 61.2 Å². The maximum absolute atomic E-state index is 12.4. The molecule has 0 aliphatic carbocycles. The van der Waals surface area contributed by atoms with Gasteiger partial charge in [0.15, 0.2) is 6.10 Å². The van der Waals surface area contributed by atoms with Crippen LogP contribution in [0.5, 0.6) is 0 Å². The first kappa shape index (κ1) is 24.1. The summed E-state index contributed by atoms with van der Waals surface area (Å²) >= 11 is 0. The maximum Gasteiger partial charge on any atom is 0.308 e. The topological polar surface area (TPSA) is 84.5 Å². The van der Waals surface area contributed by atoms with Crippen molar-refractivity contribution in [2.45, 2.75) is 59.5 Å². The van der Waals surface area contributed by atoms with Gasteiger partial charge in [0, 0.05) is 17.8 Å². The Bertz CT molecular complexity index is 923. The summed E-state index contributed by atoms with van der Waals surface area (Å²) in [5.41, 5.74) is 4.28. The van der Waals surface area contributed by atoms with Gasteiger partial charge in [0.2, 0.25) is 0 Å². The molecule has 0 saturated heterocycles. The third-order valence-electron chi connectivity index (χ3n) is 5.03. The summed E-state index contributed by atoms with van der Waals surface area (Å²) in [7, 11) is 0. The molecule has 2 amide bonds.